The van der Waals surface area contributed by atoms with Crippen molar-refractivity contribution in [1.82, 2.24) is 19.8 Å². The van der Waals surface area contributed by atoms with Crippen LogP contribution in [0.2, 0.25) is 5.02 Å². The SMILES string of the molecule is CCCCN1C(=S)N[C@@H](c2ccccn2)[C@@H]1c1cc(C)n(-c2cccc(Cl)c2C)c1C. The second-order valence-electron chi connectivity index (χ2n) is 8.22. The molecule has 4 rings (SSSR count). The molecule has 1 N–H and O–H groups in total. The van der Waals surface area contributed by atoms with E-state index in [4.69, 9.17) is 23.8 Å². The lowest BCUT2D eigenvalue weighted by molar-refractivity contribution is 0.312. The zero-order valence-corrected chi connectivity index (χ0v) is 20.1. The Morgan fingerprint density at radius 1 is 1.13 bits per heavy atom. The summed E-state index contributed by atoms with van der Waals surface area (Å²) in [6.45, 7) is 9.57. The van der Waals surface area contributed by atoms with Crippen molar-refractivity contribution in [2.24, 2.45) is 0 Å². The molecular formula is C25H29ClN4S. The van der Waals surface area contributed by atoms with Crippen LogP contribution in [0.25, 0.3) is 5.69 Å². The van der Waals surface area contributed by atoms with E-state index in [1.165, 1.54) is 17.0 Å². The molecule has 0 saturated carbocycles. The Labute approximate surface area is 195 Å². The average molecular weight is 453 g/mol. The summed E-state index contributed by atoms with van der Waals surface area (Å²) < 4.78 is 2.31. The average Bonchev–Trinajstić information content (AvgIpc) is 3.24. The van der Waals surface area contributed by atoms with Crippen LogP contribution < -0.4 is 5.32 Å². The Kier molecular flexibility index (Phi) is 6.35. The van der Waals surface area contributed by atoms with Crippen molar-refractivity contribution in [1.29, 1.82) is 0 Å². The maximum absolute atomic E-state index is 6.45. The molecule has 0 amide bonds. The number of rotatable bonds is 6. The van der Waals surface area contributed by atoms with Gasteiger partial charge in [-0.1, -0.05) is 37.1 Å². The third-order valence-corrected chi connectivity index (χ3v) is 6.98. The lowest BCUT2D eigenvalue weighted by Gasteiger charge is -2.28. The first-order valence-corrected chi connectivity index (χ1v) is 11.6. The van der Waals surface area contributed by atoms with Crippen LogP contribution >= 0.6 is 23.8 Å². The van der Waals surface area contributed by atoms with Crippen LogP contribution in [-0.4, -0.2) is 26.1 Å². The summed E-state index contributed by atoms with van der Waals surface area (Å²) in [4.78, 5) is 7.00. The summed E-state index contributed by atoms with van der Waals surface area (Å²) in [5.74, 6) is 0. The molecule has 0 unspecified atom stereocenters. The van der Waals surface area contributed by atoms with Gasteiger partial charge in [-0.25, -0.2) is 0 Å². The van der Waals surface area contributed by atoms with Crippen LogP contribution in [0.5, 0.6) is 0 Å². The molecule has 1 aliphatic rings. The molecule has 3 aromatic rings. The van der Waals surface area contributed by atoms with Crippen molar-refractivity contribution in [3.8, 4) is 5.69 Å². The second kappa shape index (κ2) is 9.01. The van der Waals surface area contributed by atoms with Gasteiger partial charge in [0.1, 0.15) is 0 Å². The fourth-order valence-corrected chi connectivity index (χ4v) is 5.11. The molecule has 1 saturated heterocycles. The smallest absolute Gasteiger partial charge is 0.170 e. The van der Waals surface area contributed by atoms with Crippen LogP contribution in [0.15, 0.2) is 48.7 Å². The lowest BCUT2D eigenvalue weighted by atomic mass is 9.96. The predicted octanol–water partition coefficient (Wildman–Crippen LogP) is 6.22. The quantitative estimate of drug-likeness (QED) is 0.450. The molecular weight excluding hydrogens is 424 g/mol. The number of pyridine rings is 1. The summed E-state index contributed by atoms with van der Waals surface area (Å²) >= 11 is 12.2. The van der Waals surface area contributed by atoms with Crippen molar-refractivity contribution in [2.45, 2.75) is 52.6 Å². The molecule has 1 fully saturated rings. The molecule has 31 heavy (non-hydrogen) atoms. The number of halogens is 1. The Balaban J connectivity index is 1.84. The van der Waals surface area contributed by atoms with Crippen LogP contribution in [-0.2, 0) is 0 Å². The van der Waals surface area contributed by atoms with Crippen LogP contribution in [0.3, 0.4) is 0 Å². The van der Waals surface area contributed by atoms with Gasteiger partial charge in [0.25, 0.3) is 0 Å². The van der Waals surface area contributed by atoms with E-state index in [2.05, 4.69) is 65.7 Å². The van der Waals surface area contributed by atoms with E-state index in [0.29, 0.717) is 0 Å². The Morgan fingerprint density at radius 3 is 2.65 bits per heavy atom. The van der Waals surface area contributed by atoms with Gasteiger partial charge in [-0.2, -0.15) is 0 Å². The standard InChI is InChI=1S/C25H29ClN4S/c1-5-6-14-29-24(23(28-25(29)31)21-11-7-8-13-27-21)19-15-16(2)30(18(19)4)22-12-9-10-20(26)17(22)3/h7-13,15,23-24H,5-6,14H2,1-4H3,(H,28,31)/t23-,24-/m0/s1. The summed E-state index contributed by atoms with van der Waals surface area (Å²) in [6, 6.07) is 14.6. The van der Waals surface area contributed by atoms with Gasteiger partial charge in [-0.15, -0.1) is 0 Å². The highest BCUT2D eigenvalue weighted by Crippen LogP contribution is 2.41. The number of unbranched alkanes of at least 4 members (excludes halogenated alkanes) is 1. The number of thiocarbonyl (C=S) groups is 1. The summed E-state index contributed by atoms with van der Waals surface area (Å²) in [7, 11) is 0. The molecule has 4 nitrogen and oxygen atoms in total. The molecule has 2 atom stereocenters. The van der Waals surface area contributed by atoms with Crippen LogP contribution in [0, 0.1) is 20.8 Å². The third kappa shape index (κ3) is 3.97. The summed E-state index contributed by atoms with van der Waals surface area (Å²) in [6.07, 6.45) is 4.07. The zero-order chi connectivity index (χ0) is 22.1. The minimum absolute atomic E-state index is 0.0139. The van der Waals surface area contributed by atoms with Crippen LogP contribution in [0.4, 0.5) is 0 Å². The summed E-state index contributed by atoms with van der Waals surface area (Å²) in [5.41, 5.74) is 6.89. The molecule has 1 aromatic carbocycles. The molecule has 6 heteroatoms. The Morgan fingerprint density at radius 2 is 1.94 bits per heavy atom. The lowest BCUT2D eigenvalue weighted by Crippen LogP contribution is -2.30. The van der Waals surface area contributed by atoms with Gasteiger partial charge in [-0.3, -0.25) is 4.98 Å². The molecule has 0 bridgehead atoms. The van der Waals surface area contributed by atoms with Crippen LogP contribution in [0.1, 0.15) is 60.1 Å². The van der Waals surface area contributed by atoms with Gasteiger partial charge < -0.3 is 14.8 Å². The third-order valence-electron chi connectivity index (χ3n) is 6.22. The molecule has 0 aliphatic carbocycles. The van der Waals surface area contributed by atoms with Crippen molar-refractivity contribution in [2.75, 3.05) is 6.54 Å². The first-order valence-electron chi connectivity index (χ1n) is 10.9. The molecule has 3 heterocycles. The van der Waals surface area contributed by atoms with Gasteiger partial charge in [-0.05, 0) is 80.9 Å². The van der Waals surface area contributed by atoms with Gasteiger partial charge >= 0.3 is 0 Å². The molecule has 0 radical (unpaired) electrons. The highest BCUT2D eigenvalue weighted by atomic mass is 35.5. The van der Waals surface area contributed by atoms with E-state index in [9.17, 15) is 0 Å². The van der Waals surface area contributed by atoms with E-state index in [0.717, 1.165) is 46.5 Å². The zero-order valence-electron chi connectivity index (χ0n) is 18.5. The first-order chi connectivity index (χ1) is 14.9. The number of nitrogens with zero attached hydrogens (tertiary/aromatic N) is 3. The highest BCUT2D eigenvalue weighted by Gasteiger charge is 2.41. The van der Waals surface area contributed by atoms with Gasteiger partial charge in [0.2, 0.25) is 0 Å². The monoisotopic (exact) mass is 452 g/mol. The summed E-state index contributed by atoms with van der Waals surface area (Å²) in [5, 5.41) is 5.15. The molecule has 0 spiro atoms. The van der Waals surface area contributed by atoms with E-state index in [1.54, 1.807) is 0 Å². The maximum atomic E-state index is 6.45. The maximum Gasteiger partial charge on any atom is 0.170 e. The normalized spacial score (nSPS) is 18.5. The second-order valence-corrected chi connectivity index (χ2v) is 9.01. The van der Waals surface area contributed by atoms with Crippen molar-refractivity contribution in [3.63, 3.8) is 0 Å². The topological polar surface area (TPSA) is 33.1 Å². The first kappa shape index (κ1) is 21.8. The van der Waals surface area contributed by atoms with Gasteiger partial charge in [0.05, 0.1) is 17.8 Å². The minimum Gasteiger partial charge on any atom is -0.352 e. The van der Waals surface area contributed by atoms with E-state index >= 15 is 0 Å². The van der Waals surface area contributed by atoms with E-state index in [1.807, 2.05) is 30.5 Å². The molecule has 162 valence electrons. The largest absolute Gasteiger partial charge is 0.352 e. The fraction of sp³-hybridized carbons (Fsp3) is 0.360. The highest BCUT2D eigenvalue weighted by molar-refractivity contribution is 7.80. The Hall–Kier alpha value is -2.37. The number of hydrogen-bond acceptors (Lipinski definition) is 2. The van der Waals surface area contributed by atoms with E-state index < -0.39 is 0 Å². The number of hydrogen-bond donors (Lipinski definition) is 1. The van der Waals surface area contributed by atoms with Crippen molar-refractivity contribution in [3.05, 3.63) is 81.9 Å². The minimum atomic E-state index is 0.0139. The van der Waals surface area contributed by atoms with Gasteiger partial charge in [0.15, 0.2) is 5.11 Å². The number of nitrogens with one attached hydrogen (secondary N) is 1. The van der Waals surface area contributed by atoms with Crippen molar-refractivity contribution >= 4 is 28.9 Å². The fourth-order valence-electron chi connectivity index (χ4n) is 4.61. The number of aryl methyl sites for hydroxylation is 1. The molecule has 2 aromatic heterocycles. The Bertz CT molecular complexity index is 1090. The number of aromatic nitrogens is 2. The molecule has 1 aliphatic heterocycles. The van der Waals surface area contributed by atoms with Gasteiger partial charge in [0, 0.05) is 34.8 Å². The predicted molar refractivity (Wildman–Crippen MR) is 132 cm³/mol. The van der Waals surface area contributed by atoms with E-state index in [-0.39, 0.29) is 12.1 Å². The van der Waals surface area contributed by atoms with Crippen molar-refractivity contribution < 1.29 is 0 Å². The number of benzene rings is 1.